The fourth-order valence-corrected chi connectivity index (χ4v) is 4.75. The third kappa shape index (κ3) is 4.21. The first kappa shape index (κ1) is 20.8. The molecule has 0 bridgehead atoms. The van der Waals surface area contributed by atoms with Crippen LogP contribution < -0.4 is 5.32 Å². The number of thiophene rings is 1. The summed E-state index contributed by atoms with van der Waals surface area (Å²) in [6.45, 7) is 1.99. The summed E-state index contributed by atoms with van der Waals surface area (Å²) in [4.78, 5) is 19.0. The molecule has 0 saturated heterocycles. The SMILES string of the molecule is CCc1ccc(-c2cc(C(F)(F)F)n3ncc(C(=O)NC4CCCCCC4)c3n2)s1. The lowest BCUT2D eigenvalue weighted by Crippen LogP contribution is -2.34. The van der Waals surface area contributed by atoms with E-state index in [1.165, 1.54) is 17.5 Å². The molecule has 1 amide bonds. The minimum atomic E-state index is -4.62. The van der Waals surface area contributed by atoms with E-state index < -0.39 is 17.8 Å². The summed E-state index contributed by atoms with van der Waals surface area (Å²) in [5.41, 5.74) is -0.748. The number of carbonyl (C=O) groups is 1. The van der Waals surface area contributed by atoms with Crippen LogP contribution in [-0.4, -0.2) is 26.5 Å². The van der Waals surface area contributed by atoms with Crippen molar-refractivity contribution < 1.29 is 18.0 Å². The molecule has 30 heavy (non-hydrogen) atoms. The van der Waals surface area contributed by atoms with E-state index in [4.69, 9.17) is 0 Å². The highest BCUT2D eigenvalue weighted by atomic mass is 32.1. The molecule has 3 heterocycles. The molecule has 0 spiro atoms. The third-order valence-electron chi connectivity index (χ3n) is 5.46. The minimum Gasteiger partial charge on any atom is -0.349 e. The van der Waals surface area contributed by atoms with Gasteiger partial charge in [0.15, 0.2) is 11.3 Å². The number of rotatable bonds is 4. The van der Waals surface area contributed by atoms with Gasteiger partial charge in [-0.3, -0.25) is 4.79 Å². The van der Waals surface area contributed by atoms with Crippen LogP contribution in [0.15, 0.2) is 24.4 Å². The standard InChI is InChI=1S/C21H23F3N4OS/c1-2-14-9-10-17(30-14)16-11-18(21(22,23)24)28-19(27-16)15(12-25-28)20(29)26-13-7-5-3-4-6-8-13/h9-13H,2-8H2,1H3,(H,26,29). The molecule has 0 radical (unpaired) electrons. The van der Waals surface area contributed by atoms with Crippen molar-refractivity contribution >= 4 is 22.9 Å². The summed E-state index contributed by atoms with van der Waals surface area (Å²) in [5.74, 6) is -0.421. The van der Waals surface area contributed by atoms with Crippen molar-refractivity contribution in [1.82, 2.24) is 19.9 Å². The van der Waals surface area contributed by atoms with Crippen molar-refractivity contribution in [2.75, 3.05) is 0 Å². The van der Waals surface area contributed by atoms with Gasteiger partial charge in [-0.25, -0.2) is 9.50 Å². The molecule has 4 rings (SSSR count). The molecule has 1 aliphatic carbocycles. The molecule has 0 aromatic carbocycles. The molecule has 3 aromatic heterocycles. The Balaban J connectivity index is 1.75. The van der Waals surface area contributed by atoms with Crippen molar-refractivity contribution in [2.24, 2.45) is 0 Å². The van der Waals surface area contributed by atoms with E-state index in [1.807, 2.05) is 13.0 Å². The zero-order valence-electron chi connectivity index (χ0n) is 16.6. The van der Waals surface area contributed by atoms with Gasteiger partial charge in [0.05, 0.1) is 16.8 Å². The third-order valence-corrected chi connectivity index (χ3v) is 6.71. The van der Waals surface area contributed by atoms with Gasteiger partial charge < -0.3 is 5.32 Å². The molecule has 1 N–H and O–H groups in total. The number of amides is 1. The number of halogens is 3. The summed E-state index contributed by atoms with van der Waals surface area (Å²) in [7, 11) is 0. The first-order chi connectivity index (χ1) is 14.4. The van der Waals surface area contributed by atoms with Gasteiger partial charge in [0.25, 0.3) is 5.91 Å². The number of aryl methyl sites for hydroxylation is 1. The number of nitrogens with one attached hydrogen (secondary N) is 1. The number of hydrogen-bond acceptors (Lipinski definition) is 4. The van der Waals surface area contributed by atoms with E-state index in [2.05, 4.69) is 15.4 Å². The number of carbonyl (C=O) groups excluding carboxylic acids is 1. The largest absolute Gasteiger partial charge is 0.433 e. The van der Waals surface area contributed by atoms with Crippen molar-refractivity contribution in [3.63, 3.8) is 0 Å². The molecule has 1 fully saturated rings. The van der Waals surface area contributed by atoms with Gasteiger partial charge in [-0.1, -0.05) is 32.6 Å². The maximum absolute atomic E-state index is 13.7. The van der Waals surface area contributed by atoms with Crippen LogP contribution >= 0.6 is 11.3 Å². The molecule has 160 valence electrons. The Morgan fingerprint density at radius 1 is 1.23 bits per heavy atom. The summed E-state index contributed by atoms with van der Waals surface area (Å²) in [5, 5.41) is 6.82. The van der Waals surface area contributed by atoms with Crippen molar-refractivity contribution in [3.05, 3.63) is 40.5 Å². The lowest BCUT2D eigenvalue weighted by molar-refractivity contribution is -0.142. The summed E-state index contributed by atoms with van der Waals surface area (Å²) in [6, 6.07) is 4.68. The predicted molar refractivity (Wildman–Crippen MR) is 110 cm³/mol. The van der Waals surface area contributed by atoms with Crippen LogP contribution in [0.3, 0.4) is 0 Å². The lowest BCUT2D eigenvalue weighted by Gasteiger charge is -2.16. The van der Waals surface area contributed by atoms with E-state index >= 15 is 0 Å². The number of nitrogens with zero attached hydrogens (tertiary/aromatic N) is 3. The van der Waals surface area contributed by atoms with E-state index in [-0.39, 0.29) is 22.9 Å². The number of hydrogen-bond donors (Lipinski definition) is 1. The normalized spacial score (nSPS) is 16.0. The molecule has 0 atom stereocenters. The van der Waals surface area contributed by atoms with Crippen LogP contribution in [0.1, 0.15) is 66.4 Å². The Kier molecular flexibility index (Phi) is 5.81. The van der Waals surface area contributed by atoms with E-state index in [9.17, 15) is 18.0 Å². The van der Waals surface area contributed by atoms with E-state index in [1.54, 1.807) is 6.07 Å². The number of aromatic nitrogens is 3. The average Bonchev–Trinajstić information content (AvgIpc) is 3.28. The topological polar surface area (TPSA) is 59.3 Å². The first-order valence-corrected chi connectivity index (χ1v) is 11.0. The zero-order valence-corrected chi connectivity index (χ0v) is 17.4. The van der Waals surface area contributed by atoms with Gasteiger partial charge in [-0.05, 0) is 37.5 Å². The number of fused-ring (bicyclic) bond motifs is 1. The highest BCUT2D eigenvalue weighted by Crippen LogP contribution is 2.35. The zero-order chi connectivity index (χ0) is 21.3. The summed E-state index contributed by atoms with van der Waals surface area (Å²) >= 11 is 1.40. The quantitative estimate of drug-likeness (QED) is 0.550. The van der Waals surface area contributed by atoms with Crippen molar-refractivity contribution in [1.29, 1.82) is 0 Å². The molecular formula is C21H23F3N4OS. The second-order valence-electron chi connectivity index (χ2n) is 7.60. The fraction of sp³-hybridized carbons (Fsp3) is 0.476. The van der Waals surface area contributed by atoms with Gasteiger partial charge in [-0.15, -0.1) is 11.3 Å². The van der Waals surface area contributed by atoms with Gasteiger partial charge in [0, 0.05) is 10.9 Å². The second-order valence-corrected chi connectivity index (χ2v) is 8.77. The van der Waals surface area contributed by atoms with Crippen molar-refractivity contribution in [2.45, 2.75) is 64.1 Å². The molecule has 5 nitrogen and oxygen atoms in total. The minimum absolute atomic E-state index is 0.0321. The Labute approximate surface area is 176 Å². The maximum atomic E-state index is 13.7. The molecule has 3 aromatic rings. The molecule has 1 saturated carbocycles. The van der Waals surface area contributed by atoms with Crippen molar-refractivity contribution in [3.8, 4) is 10.6 Å². The molecule has 0 aliphatic heterocycles. The highest BCUT2D eigenvalue weighted by molar-refractivity contribution is 7.15. The summed E-state index contributed by atoms with van der Waals surface area (Å²) < 4.78 is 41.9. The van der Waals surface area contributed by atoms with Gasteiger partial charge in [0.2, 0.25) is 0 Å². The van der Waals surface area contributed by atoms with E-state index in [0.29, 0.717) is 4.88 Å². The lowest BCUT2D eigenvalue weighted by atomic mass is 10.1. The van der Waals surface area contributed by atoms with Crippen LogP contribution in [0.4, 0.5) is 13.2 Å². The molecular weight excluding hydrogens is 413 g/mol. The Morgan fingerprint density at radius 2 is 1.97 bits per heavy atom. The highest BCUT2D eigenvalue weighted by Gasteiger charge is 2.36. The summed E-state index contributed by atoms with van der Waals surface area (Å²) in [6.07, 6.45) is 3.48. The van der Waals surface area contributed by atoms with Crippen LogP contribution in [0.25, 0.3) is 16.2 Å². The first-order valence-electron chi connectivity index (χ1n) is 10.2. The van der Waals surface area contributed by atoms with Crippen LogP contribution in [-0.2, 0) is 12.6 Å². The molecule has 9 heteroatoms. The average molecular weight is 437 g/mol. The molecule has 1 aliphatic rings. The van der Waals surface area contributed by atoms with E-state index in [0.717, 1.165) is 60.4 Å². The van der Waals surface area contributed by atoms with Gasteiger partial charge in [-0.2, -0.15) is 18.3 Å². The Bertz CT molecular complexity index is 1050. The van der Waals surface area contributed by atoms with Crippen LogP contribution in [0.5, 0.6) is 0 Å². The maximum Gasteiger partial charge on any atom is 0.433 e. The monoisotopic (exact) mass is 436 g/mol. The van der Waals surface area contributed by atoms with Gasteiger partial charge >= 0.3 is 6.18 Å². The molecule has 0 unspecified atom stereocenters. The van der Waals surface area contributed by atoms with Crippen LogP contribution in [0.2, 0.25) is 0 Å². The smallest absolute Gasteiger partial charge is 0.349 e. The van der Waals surface area contributed by atoms with Gasteiger partial charge in [0.1, 0.15) is 5.56 Å². The Morgan fingerprint density at radius 3 is 2.60 bits per heavy atom. The second kappa shape index (κ2) is 8.37. The van der Waals surface area contributed by atoms with Crippen LogP contribution in [0, 0.1) is 0 Å². The predicted octanol–water partition coefficient (Wildman–Crippen LogP) is 5.49. The fourth-order valence-electron chi connectivity index (χ4n) is 3.84. The Hall–Kier alpha value is -2.42. The number of alkyl halides is 3.